The Kier molecular flexibility index (Phi) is 3.87. The molecule has 1 fully saturated rings. The van der Waals surface area contributed by atoms with E-state index < -0.39 is 35.7 Å². The zero-order valence-electron chi connectivity index (χ0n) is 8.88. The highest BCUT2D eigenvalue weighted by molar-refractivity contribution is 5.86. The Balaban J connectivity index is 2.95. The number of hydrogen-bond donors (Lipinski definition) is 2. The van der Waals surface area contributed by atoms with Crippen molar-refractivity contribution in [1.82, 2.24) is 0 Å². The molecule has 0 aromatic rings. The average Bonchev–Trinajstić information content (AvgIpc) is 2.26. The van der Waals surface area contributed by atoms with Crippen molar-refractivity contribution < 1.29 is 29.3 Å². The lowest BCUT2D eigenvalue weighted by Gasteiger charge is -2.31. The molecule has 1 aliphatic carbocycles. The van der Waals surface area contributed by atoms with Gasteiger partial charge in [0.1, 0.15) is 0 Å². The van der Waals surface area contributed by atoms with Crippen LogP contribution in [0.3, 0.4) is 0 Å². The number of carbonyl (C=O) groups is 3. The standard InChI is InChI=1S/C10H14O6/c1-16-10(15)6-4-2-3-5(8(11)12)7(6)9(13)14/h5-7H,2-4H2,1H3,(H,11,12)(H,13,14). The Hall–Kier alpha value is -1.59. The molecule has 16 heavy (non-hydrogen) atoms. The first-order valence-corrected chi connectivity index (χ1v) is 5.02. The maximum atomic E-state index is 11.4. The number of carbonyl (C=O) groups excluding carboxylic acids is 1. The second-order valence-electron chi connectivity index (χ2n) is 3.87. The van der Waals surface area contributed by atoms with Crippen molar-refractivity contribution in [2.45, 2.75) is 19.3 Å². The molecule has 1 aliphatic rings. The van der Waals surface area contributed by atoms with Gasteiger partial charge in [-0.05, 0) is 12.8 Å². The van der Waals surface area contributed by atoms with Crippen molar-refractivity contribution in [1.29, 1.82) is 0 Å². The second-order valence-corrected chi connectivity index (χ2v) is 3.87. The minimum atomic E-state index is -1.25. The highest BCUT2D eigenvalue weighted by Gasteiger charge is 2.45. The van der Waals surface area contributed by atoms with Gasteiger partial charge in [0.05, 0.1) is 24.9 Å². The molecule has 0 spiro atoms. The summed E-state index contributed by atoms with van der Waals surface area (Å²) in [7, 11) is 1.17. The molecule has 0 aromatic carbocycles. The van der Waals surface area contributed by atoms with Crippen LogP contribution in [-0.2, 0) is 19.1 Å². The van der Waals surface area contributed by atoms with E-state index in [2.05, 4.69) is 4.74 Å². The average molecular weight is 230 g/mol. The molecule has 6 heteroatoms. The zero-order chi connectivity index (χ0) is 12.3. The molecule has 2 N–H and O–H groups in total. The molecule has 1 rings (SSSR count). The van der Waals surface area contributed by atoms with Gasteiger partial charge in [0.15, 0.2) is 0 Å². The number of hydrogen-bond acceptors (Lipinski definition) is 4. The zero-order valence-corrected chi connectivity index (χ0v) is 8.88. The topological polar surface area (TPSA) is 101 Å². The van der Waals surface area contributed by atoms with E-state index >= 15 is 0 Å². The predicted octanol–water partition coefficient (Wildman–Crippen LogP) is 0.361. The first-order valence-electron chi connectivity index (χ1n) is 5.02. The summed E-state index contributed by atoms with van der Waals surface area (Å²) in [4.78, 5) is 33.3. The Morgan fingerprint density at radius 3 is 2.06 bits per heavy atom. The highest BCUT2D eigenvalue weighted by atomic mass is 16.5. The largest absolute Gasteiger partial charge is 0.481 e. The van der Waals surface area contributed by atoms with E-state index in [0.717, 1.165) is 0 Å². The van der Waals surface area contributed by atoms with Crippen molar-refractivity contribution in [3.8, 4) is 0 Å². The van der Waals surface area contributed by atoms with Crippen LogP contribution >= 0.6 is 0 Å². The summed E-state index contributed by atoms with van der Waals surface area (Å²) in [5, 5.41) is 17.9. The number of ether oxygens (including phenoxy) is 1. The van der Waals surface area contributed by atoms with Crippen LogP contribution in [0.4, 0.5) is 0 Å². The first-order chi connectivity index (χ1) is 7.49. The van der Waals surface area contributed by atoms with E-state index in [-0.39, 0.29) is 0 Å². The van der Waals surface area contributed by atoms with Crippen molar-refractivity contribution in [2.24, 2.45) is 17.8 Å². The molecule has 6 nitrogen and oxygen atoms in total. The Bertz CT molecular complexity index is 310. The van der Waals surface area contributed by atoms with Gasteiger partial charge in [-0.3, -0.25) is 14.4 Å². The van der Waals surface area contributed by atoms with Crippen LogP contribution in [0.25, 0.3) is 0 Å². The summed E-state index contributed by atoms with van der Waals surface area (Å²) in [6, 6.07) is 0. The lowest BCUT2D eigenvalue weighted by Crippen LogP contribution is -2.42. The van der Waals surface area contributed by atoms with Gasteiger partial charge in [0.25, 0.3) is 0 Å². The van der Waals surface area contributed by atoms with Crippen LogP contribution in [0.1, 0.15) is 19.3 Å². The summed E-state index contributed by atoms with van der Waals surface area (Å²) < 4.78 is 4.50. The highest BCUT2D eigenvalue weighted by Crippen LogP contribution is 2.36. The third-order valence-electron chi connectivity index (χ3n) is 3.00. The van der Waals surface area contributed by atoms with E-state index in [1.165, 1.54) is 7.11 Å². The molecular formula is C10H14O6. The number of carboxylic acid groups (broad SMARTS) is 2. The lowest BCUT2D eigenvalue weighted by molar-refractivity contribution is -0.166. The SMILES string of the molecule is COC(=O)C1CCCC(C(=O)O)C1C(=O)O. The molecule has 3 atom stereocenters. The molecule has 0 bridgehead atoms. The third kappa shape index (κ3) is 2.32. The predicted molar refractivity (Wildman–Crippen MR) is 51.6 cm³/mol. The fourth-order valence-corrected chi connectivity index (χ4v) is 2.23. The summed E-state index contributed by atoms with van der Waals surface area (Å²) in [6.45, 7) is 0. The van der Waals surface area contributed by atoms with Crippen LogP contribution in [0, 0.1) is 17.8 Å². The first kappa shape index (κ1) is 12.5. The molecule has 3 unspecified atom stereocenters. The number of aliphatic carboxylic acids is 2. The minimum absolute atomic E-state index is 0.291. The van der Waals surface area contributed by atoms with Gasteiger partial charge in [-0.25, -0.2) is 0 Å². The third-order valence-corrected chi connectivity index (χ3v) is 3.00. The van der Waals surface area contributed by atoms with Gasteiger partial charge < -0.3 is 14.9 Å². The molecule has 0 saturated heterocycles. The van der Waals surface area contributed by atoms with Crippen LogP contribution in [-0.4, -0.2) is 35.2 Å². The quantitative estimate of drug-likeness (QED) is 0.679. The van der Waals surface area contributed by atoms with Crippen LogP contribution < -0.4 is 0 Å². The summed E-state index contributed by atoms with van der Waals surface area (Å²) in [5.74, 6) is -6.09. The van der Waals surface area contributed by atoms with Crippen molar-refractivity contribution in [3.05, 3.63) is 0 Å². The maximum Gasteiger partial charge on any atom is 0.309 e. The minimum Gasteiger partial charge on any atom is -0.481 e. The van der Waals surface area contributed by atoms with Gasteiger partial charge in [0.2, 0.25) is 0 Å². The van der Waals surface area contributed by atoms with E-state index in [9.17, 15) is 14.4 Å². The van der Waals surface area contributed by atoms with E-state index in [4.69, 9.17) is 10.2 Å². The normalized spacial score (nSPS) is 29.4. The van der Waals surface area contributed by atoms with Crippen LogP contribution in [0.5, 0.6) is 0 Å². The fourth-order valence-electron chi connectivity index (χ4n) is 2.23. The number of carboxylic acids is 2. The Morgan fingerprint density at radius 1 is 1.06 bits per heavy atom. The summed E-state index contributed by atoms with van der Waals surface area (Å²) in [6.07, 6.45) is 1.19. The summed E-state index contributed by atoms with van der Waals surface area (Å²) >= 11 is 0. The molecule has 90 valence electrons. The van der Waals surface area contributed by atoms with Crippen LogP contribution in [0.15, 0.2) is 0 Å². The van der Waals surface area contributed by atoms with Crippen molar-refractivity contribution in [2.75, 3.05) is 7.11 Å². The molecule has 0 amide bonds. The lowest BCUT2D eigenvalue weighted by atomic mass is 9.72. The molecule has 0 aliphatic heterocycles. The smallest absolute Gasteiger partial charge is 0.309 e. The van der Waals surface area contributed by atoms with Crippen molar-refractivity contribution >= 4 is 17.9 Å². The molecule has 1 saturated carbocycles. The Morgan fingerprint density at radius 2 is 1.62 bits per heavy atom. The number of esters is 1. The molecular weight excluding hydrogens is 216 g/mol. The van der Waals surface area contributed by atoms with E-state index in [0.29, 0.717) is 19.3 Å². The van der Waals surface area contributed by atoms with Gasteiger partial charge in [-0.1, -0.05) is 6.42 Å². The van der Waals surface area contributed by atoms with Gasteiger partial charge >= 0.3 is 17.9 Å². The second kappa shape index (κ2) is 4.96. The Labute approximate surface area is 92.2 Å². The molecule has 0 heterocycles. The monoisotopic (exact) mass is 230 g/mol. The molecule has 0 aromatic heterocycles. The van der Waals surface area contributed by atoms with Gasteiger partial charge in [-0.15, -0.1) is 0 Å². The van der Waals surface area contributed by atoms with Gasteiger partial charge in [-0.2, -0.15) is 0 Å². The van der Waals surface area contributed by atoms with Crippen LogP contribution in [0.2, 0.25) is 0 Å². The van der Waals surface area contributed by atoms with E-state index in [1.807, 2.05) is 0 Å². The summed E-state index contributed by atoms with van der Waals surface area (Å²) in [5.41, 5.74) is 0. The van der Waals surface area contributed by atoms with E-state index in [1.54, 1.807) is 0 Å². The number of methoxy groups -OCH3 is 1. The van der Waals surface area contributed by atoms with Gasteiger partial charge in [0, 0.05) is 0 Å². The fraction of sp³-hybridized carbons (Fsp3) is 0.700. The molecule has 0 radical (unpaired) electrons. The maximum absolute atomic E-state index is 11.4. The van der Waals surface area contributed by atoms with Crippen molar-refractivity contribution in [3.63, 3.8) is 0 Å². The number of rotatable bonds is 3.